The van der Waals surface area contributed by atoms with Gasteiger partial charge in [0.15, 0.2) is 0 Å². The molecule has 0 bridgehead atoms. The topological polar surface area (TPSA) is 61.4 Å². The fourth-order valence-electron chi connectivity index (χ4n) is 3.64. The molecule has 0 aromatic heterocycles. The molecule has 162 valence electrons. The normalized spacial score (nSPS) is 12.9. The molecule has 0 aromatic rings. The van der Waals surface area contributed by atoms with Gasteiger partial charge >= 0.3 is 0 Å². The van der Waals surface area contributed by atoms with Crippen molar-refractivity contribution in [1.29, 1.82) is 0 Å². The van der Waals surface area contributed by atoms with Crippen molar-refractivity contribution in [2.45, 2.75) is 91.6 Å². The number of rotatable bonds is 19. The molecule has 0 heterocycles. The fraction of sp³-hybridized carbons (Fsp3) is 0.955. The van der Waals surface area contributed by atoms with Crippen molar-refractivity contribution >= 4 is 5.91 Å². The maximum absolute atomic E-state index is 11.8. The van der Waals surface area contributed by atoms with E-state index in [0.29, 0.717) is 26.1 Å². The second-order valence-corrected chi connectivity index (χ2v) is 7.91. The van der Waals surface area contributed by atoms with Crippen LogP contribution in [0.1, 0.15) is 85.5 Å². The third-order valence-corrected chi connectivity index (χ3v) is 5.87. The van der Waals surface area contributed by atoms with Crippen molar-refractivity contribution in [2.24, 2.45) is 0 Å². The lowest BCUT2D eigenvalue weighted by Crippen LogP contribution is -2.53. The molecule has 1 unspecified atom stereocenters. The molecule has 0 aliphatic carbocycles. The highest BCUT2D eigenvalue weighted by Crippen LogP contribution is 2.09. The predicted octanol–water partition coefficient (Wildman–Crippen LogP) is 3.46. The summed E-state index contributed by atoms with van der Waals surface area (Å²) in [5, 5.41) is 16.5. The number of carbonyl (C=O) groups excluding carboxylic acids is 1. The zero-order valence-corrected chi connectivity index (χ0v) is 18.7. The van der Waals surface area contributed by atoms with Gasteiger partial charge in [0.2, 0.25) is 5.91 Å². The molecule has 0 aromatic carbocycles. The number of aliphatic hydroxyl groups excluding tert-OH is 1. The summed E-state index contributed by atoms with van der Waals surface area (Å²) in [6.07, 6.45) is 10.4. The van der Waals surface area contributed by atoms with E-state index in [-0.39, 0.29) is 12.0 Å². The Kier molecular flexibility index (Phi) is 17.0. The van der Waals surface area contributed by atoms with Crippen LogP contribution >= 0.6 is 0 Å². The molecule has 0 radical (unpaired) electrons. The van der Waals surface area contributed by atoms with Gasteiger partial charge in [0.25, 0.3) is 0 Å². The van der Waals surface area contributed by atoms with Crippen LogP contribution in [0.3, 0.4) is 0 Å². The molecule has 5 heteroatoms. The summed E-state index contributed by atoms with van der Waals surface area (Å²) in [5.74, 6) is 0.155. The van der Waals surface area contributed by atoms with Crippen LogP contribution in [-0.2, 0) is 4.79 Å². The van der Waals surface area contributed by atoms with Gasteiger partial charge < -0.3 is 20.2 Å². The van der Waals surface area contributed by atoms with E-state index in [1.165, 1.54) is 38.5 Å². The van der Waals surface area contributed by atoms with Crippen LogP contribution in [0.4, 0.5) is 0 Å². The van der Waals surface area contributed by atoms with Crippen molar-refractivity contribution in [3.63, 3.8) is 0 Å². The van der Waals surface area contributed by atoms with E-state index in [1.54, 1.807) is 0 Å². The van der Waals surface area contributed by atoms with Crippen LogP contribution in [-0.4, -0.2) is 67.4 Å². The molecule has 1 amide bonds. The lowest BCUT2D eigenvalue weighted by Gasteiger charge is -2.37. The van der Waals surface area contributed by atoms with E-state index in [0.717, 1.165) is 43.5 Å². The first-order valence-electron chi connectivity index (χ1n) is 11.5. The summed E-state index contributed by atoms with van der Waals surface area (Å²) in [7, 11) is 0. The summed E-state index contributed by atoms with van der Waals surface area (Å²) in [6.45, 7) is 14.7. The van der Waals surface area contributed by atoms with Gasteiger partial charge in [-0.2, -0.15) is 0 Å². The number of aliphatic hydroxyl groups is 1. The maximum atomic E-state index is 11.8. The van der Waals surface area contributed by atoms with E-state index in [1.807, 2.05) is 0 Å². The largest absolute Gasteiger partial charge is 0.386 e. The van der Waals surface area contributed by atoms with Crippen molar-refractivity contribution in [1.82, 2.24) is 10.6 Å². The number of hydrogen-bond donors (Lipinski definition) is 3. The molecule has 0 aliphatic heterocycles. The van der Waals surface area contributed by atoms with Gasteiger partial charge in [-0.3, -0.25) is 4.79 Å². The number of hydrogen-bond acceptors (Lipinski definition) is 3. The van der Waals surface area contributed by atoms with Gasteiger partial charge in [-0.05, 0) is 27.2 Å². The Morgan fingerprint density at radius 1 is 0.852 bits per heavy atom. The minimum absolute atomic E-state index is 0.155. The monoisotopic (exact) mass is 386 g/mol. The zero-order valence-electron chi connectivity index (χ0n) is 18.7. The Hall–Kier alpha value is -0.650. The van der Waals surface area contributed by atoms with Gasteiger partial charge in [0, 0.05) is 26.1 Å². The average molecular weight is 387 g/mol. The quantitative estimate of drug-likeness (QED) is 0.235. The minimum Gasteiger partial charge on any atom is -0.386 e. The molecule has 0 saturated carbocycles. The molecule has 1 atom stereocenters. The second kappa shape index (κ2) is 17.4. The summed E-state index contributed by atoms with van der Waals surface area (Å²) in [5.41, 5.74) is 0. The van der Waals surface area contributed by atoms with Crippen LogP contribution in [0.5, 0.6) is 0 Å². The summed E-state index contributed by atoms with van der Waals surface area (Å²) in [4.78, 5) is 11.8. The number of nitrogens with one attached hydrogen (secondary N) is 2. The van der Waals surface area contributed by atoms with Crippen molar-refractivity contribution in [3.8, 4) is 0 Å². The summed E-state index contributed by atoms with van der Waals surface area (Å²) in [6, 6.07) is 0. The number of carbonyl (C=O) groups is 1. The summed E-state index contributed by atoms with van der Waals surface area (Å²) < 4.78 is 0.957. The first kappa shape index (κ1) is 26.4. The van der Waals surface area contributed by atoms with Gasteiger partial charge in [-0.1, -0.05) is 51.9 Å². The first-order chi connectivity index (χ1) is 13.0. The smallest absolute Gasteiger partial charge is 0.220 e. The lowest BCUT2D eigenvalue weighted by atomic mass is 10.1. The molecule has 5 nitrogen and oxygen atoms in total. The molecule has 0 fully saturated rings. The summed E-state index contributed by atoms with van der Waals surface area (Å²) >= 11 is 0. The van der Waals surface area contributed by atoms with E-state index in [9.17, 15) is 9.90 Å². The van der Waals surface area contributed by atoms with Crippen molar-refractivity contribution in [2.75, 3.05) is 45.8 Å². The number of amides is 1. The van der Waals surface area contributed by atoms with Crippen LogP contribution in [0.25, 0.3) is 0 Å². The number of nitrogens with zero attached hydrogens (tertiary/aromatic N) is 1. The van der Waals surface area contributed by atoms with Crippen LogP contribution in [0, 0.1) is 0 Å². The standard InChI is InChI=1S/C22H47N3O2/c1-5-9-10-11-12-13-14-15-16-22(27)24-18-17-23-19-21(26)20-25(6-2,7-3)8-4/h21,23,26H,5-20H2,1-4H3/p+1. The van der Waals surface area contributed by atoms with Crippen LogP contribution in [0.2, 0.25) is 0 Å². The van der Waals surface area contributed by atoms with Crippen molar-refractivity contribution < 1.29 is 14.4 Å². The molecular weight excluding hydrogens is 338 g/mol. The Morgan fingerprint density at radius 2 is 1.41 bits per heavy atom. The van der Waals surface area contributed by atoms with E-state index >= 15 is 0 Å². The van der Waals surface area contributed by atoms with Crippen LogP contribution < -0.4 is 10.6 Å². The Morgan fingerprint density at radius 3 is 1.96 bits per heavy atom. The highest BCUT2D eigenvalue weighted by atomic mass is 16.3. The van der Waals surface area contributed by atoms with Gasteiger partial charge in [-0.15, -0.1) is 0 Å². The van der Waals surface area contributed by atoms with E-state index < -0.39 is 0 Å². The number of unbranched alkanes of at least 4 members (excludes halogenated alkanes) is 7. The zero-order chi connectivity index (χ0) is 20.4. The van der Waals surface area contributed by atoms with Gasteiger partial charge in [-0.25, -0.2) is 0 Å². The minimum atomic E-state index is -0.335. The first-order valence-corrected chi connectivity index (χ1v) is 11.5. The lowest BCUT2D eigenvalue weighted by molar-refractivity contribution is -0.925. The fourth-order valence-corrected chi connectivity index (χ4v) is 3.64. The van der Waals surface area contributed by atoms with Gasteiger partial charge in [0.1, 0.15) is 12.6 Å². The highest BCUT2D eigenvalue weighted by Gasteiger charge is 2.24. The third kappa shape index (κ3) is 14.1. The molecule has 0 aliphatic rings. The molecule has 3 N–H and O–H groups in total. The van der Waals surface area contributed by atoms with Crippen molar-refractivity contribution in [3.05, 3.63) is 0 Å². The molecule has 0 rings (SSSR count). The second-order valence-electron chi connectivity index (χ2n) is 7.91. The molecule has 0 spiro atoms. The van der Waals surface area contributed by atoms with E-state index in [2.05, 4.69) is 38.3 Å². The molecule has 27 heavy (non-hydrogen) atoms. The van der Waals surface area contributed by atoms with Gasteiger partial charge in [0.05, 0.1) is 19.6 Å². The Bertz CT molecular complexity index is 338. The highest BCUT2D eigenvalue weighted by molar-refractivity contribution is 5.75. The number of likely N-dealkylation sites (N-methyl/N-ethyl adjacent to an activating group) is 1. The SMILES string of the molecule is CCCCCCCCCCC(=O)NCCNCC(O)C[N+](CC)(CC)CC. The maximum Gasteiger partial charge on any atom is 0.220 e. The van der Waals surface area contributed by atoms with Crippen LogP contribution in [0.15, 0.2) is 0 Å². The third-order valence-electron chi connectivity index (χ3n) is 5.87. The Balaban J connectivity index is 3.57. The number of quaternary nitrogens is 1. The Labute approximate surface area is 168 Å². The predicted molar refractivity (Wildman–Crippen MR) is 116 cm³/mol. The van der Waals surface area contributed by atoms with E-state index in [4.69, 9.17) is 0 Å². The molecular formula is C22H48N3O2+. The average Bonchev–Trinajstić information content (AvgIpc) is 2.68. The molecule has 0 saturated heterocycles.